The number of aromatic nitrogens is 5. The number of rotatable bonds is 5. The van der Waals surface area contributed by atoms with Crippen LogP contribution in [0.5, 0.6) is 0 Å². The Morgan fingerprint density at radius 2 is 1.79 bits per heavy atom. The Hall–Kier alpha value is -3.57. The van der Waals surface area contributed by atoms with E-state index < -0.39 is 0 Å². The van der Waals surface area contributed by atoms with E-state index in [2.05, 4.69) is 33.2 Å². The highest BCUT2D eigenvalue weighted by molar-refractivity contribution is 6.31. The predicted octanol–water partition coefficient (Wildman–Crippen LogP) is 6.90. The van der Waals surface area contributed by atoms with Gasteiger partial charge in [0.2, 0.25) is 0 Å². The summed E-state index contributed by atoms with van der Waals surface area (Å²) in [5.41, 5.74) is 8.68. The molecule has 34 heavy (non-hydrogen) atoms. The average molecular weight is 466 g/mol. The molecule has 1 fully saturated rings. The Kier molecular flexibility index (Phi) is 5.34. The Balaban J connectivity index is 1.40. The minimum absolute atomic E-state index is 0.617. The van der Waals surface area contributed by atoms with Crippen LogP contribution < -0.4 is 0 Å². The second-order valence-electron chi connectivity index (χ2n) is 8.99. The van der Waals surface area contributed by atoms with Gasteiger partial charge in [0.15, 0.2) is 0 Å². The van der Waals surface area contributed by atoms with E-state index in [4.69, 9.17) is 21.6 Å². The van der Waals surface area contributed by atoms with Crippen molar-refractivity contribution in [1.29, 1.82) is 0 Å². The molecule has 0 saturated heterocycles. The monoisotopic (exact) mass is 465 g/mol. The van der Waals surface area contributed by atoms with Gasteiger partial charge in [0.1, 0.15) is 5.82 Å². The number of pyridine rings is 1. The van der Waals surface area contributed by atoms with Crippen LogP contribution in [-0.4, -0.2) is 24.9 Å². The van der Waals surface area contributed by atoms with Crippen molar-refractivity contribution in [3.8, 4) is 22.6 Å². The standard InChI is InChI=1S/C28H24ClN5/c1-17-4-2-7-24(32-17)28-27(20-9-11-23-25(16-20)31-13-12-30-23)33-26(34-28)15-18-8-10-21(22(29)14-18)19-5-3-6-19/h2,4,7-14,16,19H,3,5-6,15H2,1H3,(H,33,34). The molecule has 0 atom stereocenters. The second-order valence-corrected chi connectivity index (χ2v) is 9.40. The lowest BCUT2D eigenvalue weighted by atomic mass is 9.80. The highest BCUT2D eigenvalue weighted by atomic mass is 35.5. The third kappa shape index (κ3) is 3.97. The first-order chi connectivity index (χ1) is 16.6. The topological polar surface area (TPSA) is 67.3 Å². The molecule has 0 radical (unpaired) electrons. The molecular weight excluding hydrogens is 442 g/mol. The maximum absolute atomic E-state index is 6.65. The molecule has 1 aliphatic carbocycles. The normalized spacial score (nSPS) is 13.8. The number of nitrogens with zero attached hydrogens (tertiary/aromatic N) is 4. The van der Waals surface area contributed by atoms with Crippen molar-refractivity contribution in [2.24, 2.45) is 0 Å². The van der Waals surface area contributed by atoms with Gasteiger partial charge in [-0.1, -0.05) is 42.3 Å². The molecule has 5 aromatic rings. The van der Waals surface area contributed by atoms with Crippen molar-refractivity contribution in [3.05, 3.63) is 94.7 Å². The number of halogens is 1. The number of hydrogen-bond acceptors (Lipinski definition) is 4. The van der Waals surface area contributed by atoms with E-state index in [9.17, 15) is 0 Å². The molecule has 168 valence electrons. The van der Waals surface area contributed by atoms with Gasteiger partial charge >= 0.3 is 0 Å². The number of benzene rings is 2. The lowest BCUT2D eigenvalue weighted by Gasteiger charge is -2.26. The van der Waals surface area contributed by atoms with Gasteiger partial charge in [-0.3, -0.25) is 15.0 Å². The largest absolute Gasteiger partial charge is 0.340 e. The van der Waals surface area contributed by atoms with E-state index in [0.29, 0.717) is 12.3 Å². The van der Waals surface area contributed by atoms with Crippen LogP contribution in [0.25, 0.3) is 33.7 Å². The summed E-state index contributed by atoms with van der Waals surface area (Å²) in [7, 11) is 0. The zero-order valence-electron chi connectivity index (χ0n) is 18.9. The van der Waals surface area contributed by atoms with Crippen LogP contribution in [-0.2, 0) is 6.42 Å². The number of fused-ring (bicyclic) bond motifs is 1. The van der Waals surface area contributed by atoms with Crippen LogP contribution >= 0.6 is 11.6 Å². The summed E-state index contributed by atoms with van der Waals surface area (Å²) in [5, 5.41) is 0.864. The predicted molar refractivity (Wildman–Crippen MR) is 136 cm³/mol. The van der Waals surface area contributed by atoms with Gasteiger partial charge in [0.05, 0.1) is 28.1 Å². The number of imidazole rings is 1. The molecule has 6 heteroatoms. The van der Waals surface area contributed by atoms with Gasteiger partial charge in [-0.15, -0.1) is 0 Å². The lowest BCUT2D eigenvalue weighted by Crippen LogP contribution is -2.09. The van der Waals surface area contributed by atoms with Crippen LogP contribution in [0.1, 0.15) is 47.8 Å². The molecule has 0 aliphatic heterocycles. The van der Waals surface area contributed by atoms with E-state index in [1.807, 2.05) is 43.3 Å². The number of nitrogens with one attached hydrogen (secondary N) is 1. The molecule has 1 aliphatic rings. The summed E-state index contributed by atoms with van der Waals surface area (Å²) < 4.78 is 0. The zero-order valence-corrected chi connectivity index (χ0v) is 19.7. The third-order valence-electron chi connectivity index (χ3n) is 6.62. The zero-order chi connectivity index (χ0) is 23.1. The summed E-state index contributed by atoms with van der Waals surface area (Å²) in [5.74, 6) is 1.49. The van der Waals surface area contributed by atoms with Crippen molar-refractivity contribution in [2.45, 2.75) is 38.5 Å². The summed E-state index contributed by atoms with van der Waals surface area (Å²) in [4.78, 5) is 22.2. The minimum Gasteiger partial charge on any atom is -0.340 e. The van der Waals surface area contributed by atoms with Gasteiger partial charge in [0, 0.05) is 35.1 Å². The maximum Gasteiger partial charge on any atom is 0.111 e. The molecule has 2 aromatic carbocycles. The van der Waals surface area contributed by atoms with E-state index in [-0.39, 0.29) is 0 Å². The van der Waals surface area contributed by atoms with Crippen molar-refractivity contribution in [3.63, 3.8) is 0 Å². The summed E-state index contributed by atoms with van der Waals surface area (Å²) in [6.45, 7) is 2.00. The first-order valence-electron chi connectivity index (χ1n) is 11.7. The fraction of sp³-hybridized carbons (Fsp3) is 0.214. The average Bonchev–Trinajstić information content (AvgIpc) is 3.23. The molecule has 5 nitrogen and oxygen atoms in total. The van der Waals surface area contributed by atoms with Gasteiger partial charge in [-0.2, -0.15) is 0 Å². The van der Waals surface area contributed by atoms with Crippen LogP contribution in [0.15, 0.2) is 67.0 Å². The molecule has 0 unspecified atom stereocenters. The highest BCUT2D eigenvalue weighted by Crippen LogP contribution is 2.40. The van der Waals surface area contributed by atoms with Gasteiger partial charge in [-0.25, -0.2) is 4.98 Å². The molecule has 1 N–H and O–H groups in total. The SMILES string of the molecule is Cc1cccc(-c2[nH]c(Cc3ccc(C4CCC4)c(Cl)c3)nc2-c2ccc3nccnc3c2)n1. The molecule has 1 saturated carbocycles. The van der Waals surface area contributed by atoms with Crippen LogP contribution in [0.4, 0.5) is 0 Å². The summed E-state index contributed by atoms with van der Waals surface area (Å²) >= 11 is 6.65. The molecule has 3 aromatic heterocycles. The quantitative estimate of drug-likeness (QED) is 0.306. The lowest BCUT2D eigenvalue weighted by molar-refractivity contribution is 0.420. The summed E-state index contributed by atoms with van der Waals surface area (Å²) in [6.07, 6.45) is 7.86. The Labute approximate surface area is 203 Å². The van der Waals surface area contributed by atoms with Gasteiger partial charge < -0.3 is 4.98 Å². The van der Waals surface area contributed by atoms with Crippen molar-refractivity contribution >= 4 is 22.6 Å². The third-order valence-corrected chi connectivity index (χ3v) is 6.95. The smallest absolute Gasteiger partial charge is 0.111 e. The van der Waals surface area contributed by atoms with E-state index >= 15 is 0 Å². The number of aromatic amines is 1. The molecule has 3 heterocycles. The fourth-order valence-electron chi connectivity index (χ4n) is 4.62. The van der Waals surface area contributed by atoms with Crippen molar-refractivity contribution < 1.29 is 0 Å². The van der Waals surface area contributed by atoms with Crippen LogP contribution in [0.2, 0.25) is 5.02 Å². The number of hydrogen-bond donors (Lipinski definition) is 1. The minimum atomic E-state index is 0.617. The Morgan fingerprint density at radius 3 is 2.56 bits per heavy atom. The van der Waals surface area contributed by atoms with E-state index in [1.165, 1.54) is 24.8 Å². The Morgan fingerprint density at radius 1 is 0.941 bits per heavy atom. The van der Waals surface area contributed by atoms with Crippen molar-refractivity contribution in [2.75, 3.05) is 0 Å². The Bertz CT molecular complexity index is 1500. The van der Waals surface area contributed by atoms with Gasteiger partial charge in [0.25, 0.3) is 0 Å². The van der Waals surface area contributed by atoms with E-state index in [0.717, 1.165) is 55.8 Å². The fourth-order valence-corrected chi connectivity index (χ4v) is 4.97. The van der Waals surface area contributed by atoms with Crippen LogP contribution in [0.3, 0.4) is 0 Å². The van der Waals surface area contributed by atoms with Crippen molar-refractivity contribution in [1.82, 2.24) is 24.9 Å². The molecular formula is C28H24ClN5. The molecule has 0 bridgehead atoms. The maximum atomic E-state index is 6.65. The first-order valence-corrected chi connectivity index (χ1v) is 12.0. The molecule has 6 rings (SSSR count). The number of aryl methyl sites for hydroxylation is 1. The summed E-state index contributed by atoms with van der Waals surface area (Å²) in [6, 6.07) is 18.6. The molecule has 0 amide bonds. The number of H-pyrrole nitrogens is 1. The highest BCUT2D eigenvalue weighted by Gasteiger charge is 2.22. The molecule has 0 spiro atoms. The van der Waals surface area contributed by atoms with E-state index in [1.54, 1.807) is 12.4 Å². The first kappa shape index (κ1) is 21.0. The van der Waals surface area contributed by atoms with Gasteiger partial charge in [-0.05, 0) is 67.1 Å². The van der Waals surface area contributed by atoms with Crippen LogP contribution in [0, 0.1) is 6.92 Å². The second kappa shape index (κ2) is 8.65.